The van der Waals surface area contributed by atoms with Gasteiger partial charge in [-0.3, -0.25) is 4.79 Å². The van der Waals surface area contributed by atoms with Crippen molar-refractivity contribution in [3.8, 4) is 0 Å². The highest BCUT2D eigenvalue weighted by atomic mass is 16.2. The van der Waals surface area contributed by atoms with Crippen molar-refractivity contribution in [2.24, 2.45) is 11.8 Å². The molecule has 0 atom stereocenters. The van der Waals surface area contributed by atoms with E-state index in [1.807, 2.05) is 23.1 Å². The molecule has 2 N–H and O–H groups in total. The quantitative estimate of drug-likeness (QED) is 0.450. The fourth-order valence-electron chi connectivity index (χ4n) is 5.32. The molecule has 3 amide bonds. The number of carbonyl (C=O) groups is 2. The van der Waals surface area contributed by atoms with Crippen LogP contribution in [0, 0.1) is 11.8 Å². The normalized spacial score (nSPS) is 17.2. The van der Waals surface area contributed by atoms with E-state index in [9.17, 15) is 9.59 Å². The fourth-order valence-corrected chi connectivity index (χ4v) is 5.32. The van der Waals surface area contributed by atoms with Crippen LogP contribution >= 0.6 is 0 Å². The van der Waals surface area contributed by atoms with Crippen molar-refractivity contribution in [2.45, 2.75) is 58.8 Å². The SMILES string of the molecule is CCCCNC(=O)Nc1ccc(N2CCC(Cc3ccccc3)CC2)c(C(=O)N2CCC(C)CC2)c1. The lowest BCUT2D eigenvalue weighted by Crippen LogP contribution is -2.40. The summed E-state index contributed by atoms with van der Waals surface area (Å²) in [6.45, 7) is 8.49. The Kier molecular flexibility index (Phi) is 9.26. The zero-order valence-electron chi connectivity index (χ0n) is 22.0. The number of carbonyl (C=O) groups excluding carboxylic acids is 2. The molecule has 2 aliphatic rings. The molecule has 0 spiro atoms. The number of hydrogen-bond donors (Lipinski definition) is 2. The van der Waals surface area contributed by atoms with Gasteiger partial charge in [0.1, 0.15) is 0 Å². The molecule has 2 aromatic carbocycles. The van der Waals surface area contributed by atoms with Crippen LogP contribution in [0.15, 0.2) is 48.5 Å². The summed E-state index contributed by atoms with van der Waals surface area (Å²) in [6, 6.07) is 16.3. The Morgan fingerprint density at radius 2 is 1.67 bits per heavy atom. The Morgan fingerprint density at radius 1 is 0.944 bits per heavy atom. The summed E-state index contributed by atoms with van der Waals surface area (Å²) in [5.41, 5.74) is 3.77. The average molecular weight is 491 g/mol. The van der Waals surface area contributed by atoms with Gasteiger partial charge in [-0.2, -0.15) is 0 Å². The second-order valence-electron chi connectivity index (χ2n) is 10.6. The molecule has 2 heterocycles. The Labute approximate surface area is 216 Å². The second kappa shape index (κ2) is 12.8. The van der Waals surface area contributed by atoms with Crippen LogP contribution in [0.1, 0.15) is 68.3 Å². The second-order valence-corrected chi connectivity index (χ2v) is 10.6. The summed E-state index contributed by atoms with van der Waals surface area (Å²) >= 11 is 0. The van der Waals surface area contributed by atoms with E-state index in [0.29, 0.717) is 29.6 Å². The van der Waals surface area contributed by atoms with Crippen molar-refractivity contribution in [1.29, 1.82) is 0 Å². The van der Waals surface area contributed by atoms with Crippen LogP contribution in [0.5, 0.6) is 0 Å². The number of benzene rings is 2. The minimum atomic E-state index is -0.219. The van der Waals surface area contributed by atoms with Crippen LogP contribution in [-0.2, 0) is 6.42 Å². The Bertz CT molecular complexity index is 993. The summed E-state index contributed by atoms with van der Waals surface area (Å²) in [4.78, 5) is 30.4. The fraction of sp³-hybridized carbons (Fsp3) is 0.533. The topological polar surface area (TPSA) is 64.7 Å². The van der Waals surface area contributed by atoms with E-state index in [1.165, 1.54) is 5.56 Å². The smallest absolute Gasteiger partial charge is 0.319 e. The summed E-state index contributed by atoms with van der Waals surface area (Å²) in [7, 11) is 0. The lowest BCUT2D eigenvalue weighted by atomic mass is 9.89. The molecule has 0 aliphatic carbocycles. The first-order valence-corrected chi connectivity index (χ1v) is 13.8. The third kappa shape index (κ3) is 7.02. The van der Waals surface area contributed by atoms with Gasteiger partial charge in [0.2, 0.25) is 0 Å². The Hall–Kier alpha value is -3.02. The molecule has 0 bridgehead atoms. The largest absolute Gasteiger partial charge is 0.371 e. The van der Waals surface area contributed by atoms with Crippen LogP contribution in [-0.4, -0.2) is 49.6 Å². The predicted molar refractivity (Wildman–Crippen MR) is 148 cm³/mol. The molecule has 0 aromatic heterocycles. The monoisotopic (exact) mass is 490 g/mol. The highest BCUT2D eigenvalue weighted by Gasteiger charge is 2.27. The zero-order valence-corrected chi connectivity index (χ0v) is 22.0. The summed E-state index contributed by atoms with van der Waals surface area (Å²) < 4.78 is 0. The molecule has 0 saturated carbocycles. The van der Waals surface area contributed by atoms with Crippen LogP contribution in [0.4, 0.5) is 16.2 Å². The van der Waals surface area contributed by atoms with Crippen LogP contribution in [0.3, 0.4) is 0 Å². The molecule has 2 fully saturated rings. The van der Waals surface area contributed by atoms with Crippen LogP contribution < -0.4 is 15.5 Å². The molecular weight excluding hydrogens is 448 g/mol. The highest BCUT2D eigenvalue weighted by Crippen LogP contribution is 2.31. The predicted octanol–water partition coefficient (Wildman–Crippen LogP) is 5.94. The molecule has 0 unspecified atom stereocenters. The maximum atomic E-state index is 13.7. The first kappa shape index (κ1) is 26.1. The maximum Gasteiger partial charge on any atom is 0.319 e. The van der Waals surface area contributed by atoms with E-state index in [-0.39, 0.29) is 11.9 Å². The Morgan fingerprint density at radius 3 is 2.36 bits per heavy atom. The first-order chi connectivity index (χ1) is 17.5. The van der Waals surface area contributed by atoms with E-state index in [0.717, 1.165) is 76.8 Å². The van der Waals surface area contributed by atoms with Gasteiger partial charge in [0.25, 0.3) is 5.91 Å². The summed E-state index contributed by atoms with van der Waals surface area (Å²) in [5.74, 6) is 1.41. The molecule has 0 radical (unpaired) electrons. The molecular formula is C30H42N4O2. The number of likely N-dealkylation sites (tertiary alicyclic amines) is 1. The standard InChI is InChI=1S/C30H42N4O2/c1-3-4-16-31-30(36)32-26-10-11-28(27(22-26)29(35)34-17-12-23(2)13-18-34)33-19-14-25(15-20-33)21-24-8-6-5-7-9-24/h5-11,22-23,25H,3-4,12-21H2,1-2H3,(H2,31,32,36). The van der Waals surface area contributed by atoms with Crippen molar-refractivity contribution < 1.29 is 9.59 Å². The van der Waals surface area contributed by atoms with Gasteiger partial charge in [-0.25, -0.2) is 4.79 Å². The number of nitrogens with one attached hydrogen (secondary N) is 2. The summed E-state index contributed by atoms with van der Waals surface area (Å²) in [5, 5.41) is 5.83. The van der Waals surface area contributed by atoms with E-state index in [2.05, 4.69) is 59.7 Å². The first-order valence-electron chi connectivity index (χ1n) is 13.8. The lowest BCUT2D eigenvalue weighted by molar-refractivity contribution is 0.0697. The molecule has 36 heavy (non-hydrogen) atoms. The minimum Gasteiger partial charge on any atom is -0.371 e. The van der Waals surface area contributed by atoms with Crippen molar-refractivity contribution in [1.82, 2.24) is 10.2 Å². The zero-order chi connectivity index (χ0) is 25.3. The number of nitrogens with zero attached hydrogens (tertiary/aromatic N) is 2. The summed E-state index contributed by atoms with van der Waals surface area (Å²) in [6.07, 6.45) is 7.41. The number of piperidine rings is 2. The van der Waals surface area contributed by atoms with Crippen molar-refractivity contribution >= 4 is 23.3 Å². The third-order valence-corrected chi connectivity index (χ3v) is 7.69. The van der Waals surface area contributed by atoms with Gasteiger partial charge >= 0.3 is 6.03 Å². The minimum absolute atomic E-state index is 0.0818. The van der Waals surface area contributed by atoms with Gasteiger partial charge in [0.15, 0.2) is 0 Å². The molecule has 2 aliphatic heterocycles. The Balaban J connectivity index is 1.47. The molecule has 194 valence electrons. The molecule has 6 nitrogen and oxygen atoms in total. The van der Waals surface area contributed by atoms with Gasteiger partial charge in [0.05, 0.1) is 5.56 Å². The van der Waals surface area contributed by atoms with Gasteiger partial charge in [0, 0.05) is 44.1 Å². The molecule has 4 rings (SSSR count). The van der Waals surface area contributed by atoms with Crippen LogP contribution in [0.25, 0.3) is 0 Å². The molecule has 6 heteroatoms. The van der Waals surface area contributed by atoms with E-state index in [4.69, 9.17) is 0 Å². The van der Waals surface area contributed by atoms with Crippen molar-refractivity contribution in [2.75, 3.05) is 42.9 Å². The number of rotatable bonds is 8. The van der Waals surface area contributed by atoms with Gasteiger partial charge in [-0.1, -0.05) is 50.6 Å². The van der Waals surface area contributed by atoms with Crippen molar-refractivity contribution in [3.63, 3.8) is 0 Å². The number of urea groups is 1. The molecule has 2 saturated heterocycles. The van der Waals surface area contributed by atoms with E-state index in [1.54, 1.807) is 0 Å². The number of anilines is 2. The number of hydrogen-bond acceptors (Lipinski definition) is 3. The van der Waals surface area contributed by atoms with Crippen LogP contribution in [0.2, 0.25) is 0 Å². The average Bonchev–Trinajstić information content (AvgIpc) is 2.90. The maximum absolute atomic E-state index is 13.7. The van der Waals surface area contributed by atoms with Gasteiger partial charge < -0.3 is 20.4 Å². The third-order valence-electron chi connectivity index (χ3n) is 7.69. The molecule has 2 aromatic rings. The van der Waals surface area contributed by atoms with E-state index >= 15 is 0 Å². The van der Waals surface area contributed by atoms with Gasteiger partial charge in [-0.05, 0) is 74.1 Å². The van der Waals surface area contributed by atoms with Gasteiger partial charge in [-0.15, -0.1) is 0 Å². The number of amides is 3. The lowest BCUT2D eigenvalue weighted by Gasteiger charge is -2.36. The highest BCUT2D eigenvalue weighted by molar-refractivity contribution is 6.02. The van der Waals surface area contributed by atoms with E-state index < -0.39 is 0 Å². The number of unbranched alkanes of at least 4 members (excludes halogenated alkanes) is 1. The van der Waals surface area contributed by atoms with Crippen molar-refractivity contribution in [3.05, 3.63) is 59.7 Å².